The van der Waals surface area contributed by atoms with Crippen molar-refractivity contribution in [2.24, 2.45) is 10.2 Å². The van der Waals surface area contributed by atoms with Crippen molar-refractivity contribution in [2.45, 2.75) is 25.4 Å². The summed E-state index contributed by atoms with van der Waals surface area (Å²) in [5.41, 5.74) is 1.66. The maximum absolute atomic E-state index is 13.0. The number of methoxy groups -OCH3 is 2. The summed E-state index contributed by atoms with van der Waals surface area (Å²) < 4.78 is 15.9. The highest BCUT2D eigenvalue weighted by molar-refractivity contribution is 6.06. The number of hydrogen-bond donors (Lipinski definition) is 2. The molecule has 0 bridgehead atoms. The van der Waals surface area contributed by atoms with Gasteiger partial charge in [0.05, 0.1) is 19.9 Å². The Balaban J connectivity index is 1.63. The van der Waals surface area contributed by atoms with Gasteiger partial charge in [-0.3, -0.25) is 19.7 Å². The van der Waals surface area contributed by atoms with Crippen molar-refractivity contribution in [1.29, 1.82) is 0 Å². The minimum Gasteiger partial charge on any atom is -0.494 e. The van der Waals surface area contributed by atoms with E-state index in [1.54, 1.807) is 18.2 Å². The molecular formula is C23H22N4O8. The average Bonchev–Trinajstić information content (AvgIpc) is 3.17. The highest BCUT2D eigenvalue weighted by Crippen LogP contribution is 2.43. The Morgan fingerprint density at radius 3 is 2.49 bits per heavy atom. The summed E-state index contributed by atoms with van der Waals surface area (Å²) in [7, 11) is 2.82. The smallest absolute Gasteiger partial charge is 0.341 e. The monoisotopic (exact) mass is 482 g/mol. The molecule has 2 N–H and O–H groups in total. The van der Waals surface area contributed by atoms with E-state index in [-0.39, 0.29) is 54.1 Å². The molecule has 182 valence electrons. The molecule has 4 rings (SSSR count). The molecule has 0 aliphatic carbocycles. The lowest BCUT2D eigenvalue weighted by atomic mass is 10.0. The van der Waals surface area contributed by atoms with Gasteiger partial charge < -0.3 is 24.2 Å². The first kappa shape index (κ1) is 23.7. The largest absolute Gasteiger partial charge is 0.494 e. The summed E-state index contributed by atoms with van der Waals surface area (Å²) in [5.74, 6) is -1.61. The van der Waals surface area contributed by atoms with E-state index in [0.29, 0.717) is 16.8 Å². The third kappa shape index (κ3) is 4.76. The van der Waals surface area contributed by atoms with E-state index in [1.807, 2.05) is 0 Å². The number of nitrogens with zero attached hydrogens (tertiary/aromatic N) is 3. The Kier molecular flexibility index (Phi) is 6.62. The van der Waals surface area contributed by atoms with Gasteiger partial charge in [-0.1, -0.05) is 6.07 Å². The molecule has 2 aromatic rings. The zero-order chi connectivity index (χ0) is 25.1. The van der Waals surface area contributed by atoms with Crippen LogP contribution in [-0.4, -0.2) is 60.6 Å². The summed E-state index contributed by atoms with van der Waals surface area (Å²) in [4.78, 5) is 49.0. The Bertz CT molecular complexity index is 1220. The van der Waals surface area contributed by atoms with E-state index in [0.717, 1.165) is 0 Å². The average molecular weight is 482 g/mol. The summed E-state index contributed by atoms with van der Waals surface area (Å²) in [6.07, 6.45) is 0.417. The number of azo groups is 1. The van der Waals surface area contributed by atoms with Crippen LogP contribution in [0.15, 0.2) is 40.6 Å². The molecule has 0 radical (unpaired) electrons. The first-order valence-electron chi connectivity index (χ1n) is 10.6. The zero-order valence-electron chi connectivity index (χ0n) is 18.9. The van der Waals surface area contributed by atoms with Crippen LogP contribution in [0.4, 0.5) is 11.4 Å². The number of amides is 3. The maximum atomic E-state index is 13.0. The number of fused-ring (bicyclic) bond motifs is 1. The molecule has 1 atom stereocenters. The first-order valence-corrected chi connectivity index (χ1v) is 10.6. The molecule has 2 aliphatic rings. The normalized spacial score (nSPS) is 17.4. The van der Waals surface area contributed by atoms with Crippen LogP contribution in [0.25, 0.3) is 0 Å². The molecule has 12 nitrogen and oxygen atoms in total. The molecule has 35 heavy (non-hydrogen) atoms. The molecule has 2 heterocycles. The van der Waals surface area contributed by atoms with Gasteiger partial charge in [0.25, 0.3) is 5.91 Å². The second-order valence-corrected chi connectivity index (χ2v) is 7.76. The molecule has 1 fully saturated rings. The van der Waals surface area contributed by atoms with Crippen LogP contribution >= 0.6 is 0 Å². The second-order valence-electron chi connectivity index (χ2n) is 7.76. The molecule has 12 heteroatoms. The topological polar surface area (TPSA) is 156 Å². The van der Waals surface area contributed by atoms with E-state index in [4.69, 9.17) is 19.3 Å². The molecule has 0 saturated carbocycles. The molecule has 3 amide bonds. The fourth-order valence-corrected chi connectivity index (χ4v) is 3.96. The summed E-state index contributed by atoms with van der Waals surface area (Å²) in [5, 5.41) is 19.7. The van der Waals surface area contributed by atoms with Gasteiger partial charge in [-0.25, -0.2) is 4.79 Å². The maximum Gasteiger partial charge on any atom is 0.341 e. The van der Waals surface area contributed by atoms with Crippen molar-refractivity contribution in [2.75, 3.05) is 20.8 Å². The lowest BCUT2D eigenvalue weighted by molar-refractivity contribution is -0.139. The lowest BCUT2D eigenvalue weighted by Crippen LogP contribution is -2.52. The van der Waals surface area contributed by atoms with Crippen molar-refractivity contribution in [3.63, 3.8) is 0 Å². The number of piperidine rings is 1. The van der Waals surface area contributed by atoms with Crippen molar-refractivity contribution >= 4 is 35.1 Å². The number of carbonyl (C=O) groups excluding carboxylic acids is 3. The van der Waals surface area contributed by atoms with E-state index in [2.05, 4.69) is 15.5 Å². The van der Waals surface area contributed by atoms with Crippen LogP contribution in [0.5, 0.6) is 17.2 Å². The Morgan fingerprint density at radius 2 is 1.86 bits per heavy atom. The molecule has 0 aromatic heterocycles. The molecule has 0 spiro atoms. The van der Waals surface area contributed by atoms with E-state index < -0.39 is 24.5 Å². The number of carbonyl (C=O) groups is 4. The van der Waals surface area contributed by atoms with Crippen LogP contribution in [-0.2, 0) is 20.9 Å². The third-order valence-electron chi connectivity index (χ3n) is 5.63. The molecule has 1 unspecified atom stereocenters. The second kappa shape index (κ2) is 9.79. The zero-order valence-corrected chi connectivity index (χ0v) is 18.9. The molecule has 1 saturated heterocycles. The van der Waals surface area contributed by atoms with Crippen molar-refractivity contribution < 1.29 is 38.5 Å². The van der Waals surface area contributed by atoms with Gasteiger partial charge in [-0.15, -0.1) is 10.2 Å². The SMILES string of the molecule is COc1cc(OCC(=O)O)cc(OC)c1N=Nc1cccc2c1CN(C1CCC(=O)NC1=O)C2=O. The van der Waals surface area contributed by atoms with Gasteiger partial charge in [-0.2, -0.15) is 0 Å². The van der Waals surface area contributed by atoms with E-state index in [9.17, 15) is 19.2 Å². The minimum atomic E-state index is -1.13. The Hall–Kier alpha value is -4.48. The van der Waals surface area contributed by atoms with Gasteiger partial charge in [0.2, 0.25) is 11.8 Å². The number of ether oxygens (including phenoxy) is 3. The third-order valence-corrected chi connectivity index (χ3v) is 5.63. The summed E-state index contributed by atoms with van der Waals surface area (Å²) in [6.45, 7) is -0.396. The van der Waals surface area contributed by atoms with E-state index >= 15 is 0 Å². The number of rotatable bonds is 8. The van der Waals surface area contributed by atoms with Crippen molar-refractivity contribution in [3.05, 3.63) is 41.5 Å². The van der Waals surface area contributed by atoms with Crippen LogP contribution in [0.3, 0.4) is 0 Å². The van der Waals surface area contributed by atoms with Gasteiger partial charge in [-0.05, 0) is 18.6 Å². The summed E-state index contributed by atoms with van der Waals surface area (Å²) >= 11 is 0. The van der Waals surface area contributed by atoms with Gasteiger partial charge in [0.15, 0.2) is 23.8 Å². The van der Waals surface area contributed by atoms with E-state index in [1.165, 1.54) is 31.3 Å². The van der Waals surface area contributed by atoms with Crippen LogP contribution in [0.1, 0.15) is 28.8 Å². The predicted molar refractivity (Wildman–Crippen MR) is 119 cm³/mol. The Labute approximate surface area is 199 Å². The van der Waals surface area contributed by atoms with Crippen LogP contribution in [0.2, 0.25) is 0 Å². The number of carboxylic acid groups (broad SMARTS) is 1. The van der Waals surface area contributed by atoms with Gasteiger partial charge in [0, 0.05) is 36.2 Å². The van der Waals surface area contributed by atoms with Crippen LogP contribution in [0, 0.1) is 0 Å². The summed E-state index contributed by atoms with van der Waals surface area (Å²) in [6, 6.07) is 7.19. The highest BCUT2D eigenvalue weighted by atomic mass is 16.5. The van der Waals surface area contributed by atoms with Crippen molar-refractivity contribution in [1.82, 2.24) is 10.2 Å². The quantitative estimate of drug-likeness (QED) is 0.429. The number of carboxylic acids is 1. The number of benzene rings is 2. The number of hydrogen-bond acceptors (Lipinski definition) is 9. The van der Waals surface area contributed by atoms with Gasteiger partial charge in [0.1, 0.15) is 11.8 Å². The number of imide groups is 1. The van der Waals surface area contributed by atoms with Gasteiger partial charge >= 0.3 is 5.97 Å². The number of nitrogens with one attached hydrogen (secondary N) is 1. The first-order chi connectivity index (χ1) is 16.8. The standard InChI is InChI=1S/C23H22N4O8/c1-33-17-8-12(35-11-20(29)30)9-18(34-2)21(17)26-25-15-5-3-4-13-14(15)10-27(23(13)32)16-6-7-19(28)24-22(16)31/h3-5,8-9,16H,6-7,10-11H2,1-2H3,(H,29,30)(H,24,28,31). The molecule has 2 aliphatic heterocycles. The minimum absolute atomic E-state index is 0.145. The van der Waals surface area contributed by atoms with Crippen molar-refractivity contribution in [3.8, 4) is 17.2 Å². The molecule has 2 aromatic carbocycles. The predicted octanol–water partition coefficient (Wildman–Crippen LogP) is 2.34. The van der Waals surface area contributed by atoms with Crippen LogP contribution < -0.4 is 19.5 Å². The fourth-order valence-electron chi connectivity index (χ4n) is 3.96. The highest BCUT2D eigenvalue weighted by Gasteiger charge is 2.39. The fraction of sp³-hybridized carbons (Fsp3) is 0.304. The lowest BCUT2D eigenvalue weighted by Gasteiger charge is -2.29. The number of aliphatic carboxylic acids is 1. The Morgan fingerprint density at radius 1 is 1.14 bits per heavy atom. The molecular weight excluding hydrogens is 460 g/mol.